The zero-order valence-electron chi connectivity index (χ0n) is 11.3. The largest absolute Gasteiger partial charge is 0.480 e. The fourth-order valence-electron chi connectivity index (χ4n) is 2.45. The van der Waals surface area contributed by atoms with Crippen LogP contribution in [-0.2, 0) is 11.3 Å². The maximum Gasteiger partial charge on any atom is 0.326 e. The SMILES string of the molecule is CN(Cc1cccc(Cl)c1)C(=O)N1CCCC1C(=O)O. The van der Waals surface area contributed by atoms with Gasteiger partial charge in [-0.3, -0.25) is 0 Å². The fraction of sp³-hybridized carbons (Fsp3) is 0.429. The summed E-state index contributed by atoms with van der Waals surface area (Å²) in [6.45, 7) is 0.901. The van der Waals surface area contributed by atoms with Crippen LogP contribution in [0.4, 0.5) is 4.79 Å². The van der Waals surface area contributed by atoms with E-state index in [-0.39, 0.29) is 6.03 Å². The molecule has 0 spiro atoms. The summed E-state index contributed by atoms with van der Waals surface area (Å²) in [5, 5.41) is 9.73. The number of aliphatic carboxylic acids is 1. The number of hydrogen-bond acceptors (Lipinski definition) is 2. The Bertz CT molecular complexity index is 521. The van der Waals surface area contributed by atoms with Crippen molar-refractivity contribution in [2.75, 3.05) is 13.6 Å². The number of hydrogen-bond donors (Lipinski definition) is 1. The molecule has 108 valence electrons. The summed E-state index contributed by atoms with van der Waals surface area (Å²) in [6.07, 6.45) is 1.25. The Morgan fingerprint density at radius 1 is 1.50 bits per heavy atom. The van der Waals surface area contributed by atoms with Crippen molar-refractivity contribution >= 4 is 23.6 Å². The molecule has 1 heterocycles. The smallest absolute Gasteiger partial charge is 0.326 e. The number of benzene rings is 1. The highest BCUT2D eigenvalue weighted by molar-refractivity contribution is 6.30. The Labute approximate surface area is 122 Å². The summed E-state index contributed by atoms with van der Waals surface area (Å²) in [7, 11) is 1.67. The molecule has 2 rings (SSSR count). The van der Waals surface area contributed by atoms with Gasteiger partial charge in [-0.2, -0.15) is 0 Å². The molecule has 0 radical (unpaired) electrons. The Morgan fingerprint density at radius 3 is 2.90 bits per heavy atom. The predicted molar refractivity (Wildman–Crippen MR) is 75.7 cm³/mol. The predicted octanol–water partition coefficient (Wildman–Crippen LogP) is 2.44. The summed E-state index contributed by atoms with van der Waals surface area (Å²) in [5.41, 5.74) is 0.916. The molecule has 1 aromatic rings. The molecule has 1 aliphatic rings. The third kappa shape index (κ3) is 3.22. The van der Waals surface area contributed by atoms with Crippen molar-refractivity contribution in [2.24, 2.45) is 0 Å². The minimum absolute atomic E-state index is 0.255. The standard InChI is InChI=1S/C14H17ClN2O3/c1-16(9-10-4-2-5-11(15)8-10)14(20)17-7-3-6-12(17)13(18)19/h2,4-5,8,12H,3,6-7,9H2,1H3,(H,18,19). The van der Waals surface area contributed by atoms with Crippen molar-refractivity contribution in [3.05, 3.63) is 34.9 Å². The topological polar surface area (TPSA) is 60.9 Å². The number of carbonyl (C=O) groups is 2. The molecule has 1 saturated heterocycles. The molecule has 1 N–H and O–H groups in total. The molecule has 0 saturated carbocycles. The minimum Gasteiger partial charge on any atom is -0.480 e. The van der Waals surface area contributed by atoms with Crippen LogP contribution in [0.25, 0.3) is 0 Å². The molecule has 1 fully saturated rings. The highest BCUT2D eigenvalue weighted by Crippen LogP contribution is 2.20. The fourth-order valence-corrected chi connectivity index (χ4v) is 2.66. The van der Waals surface area contributed by atoms with Gasteiger partial charge < -0.3 is 14.9 Å². The van der Waals surface area contributed by atoms with Crippen molar-refractivity contribution in [1.82, 2.24) is 9.80 Å². The first-order valence-electron chi connectivity index (χ1n) is 6.48. The van der Waals surface area contributed by atoms with Gasteiger partial charge in [-0.15, -0.1) is 0 Å². The number of nitrogens with zero attached hydrogens (tertiary/aromatic N) is 2. The van der Waals surface area contributed by atoms with Gasteiger partial charge in [0.25, 0.3) is 0 Å². The number of halogens is 1. The lowest BCUT2D eigenvalue weighted by Gasteiger charge is -2.27. The Hall–Kier alpha value is -1.75. The number of rotatable bonds is 3. The van der Waals surface area contributed by atoms with Crippen LogP contribution in [0, 0.1) is 0 Å². The van der Waals surface area contributed by atoms with E-state index in [1.54, 1.807) is 19.2 Å². The molecule has 0 bridgehead atoms. The number of likely N-dealkylation sites (tertiary alicyclic amines) is 1. The monoisotopic (exact) mass is 296 g/mol. The van der Waals surface area contributed by atoms with Gasteiger partial charge in [-0.05, 0) is 30.5 Å². The molecule has 1 aliphatic heterocycles. The van der Waals surface area contributed by atoms with Crippen molar-refractivity contribution in [1.29, 1.82) is 0 Å². The van der Waals surface area contributed by atoms with E-state index in [4.69, 9.17) is 16.7 Å². The Kier molecular flexibility index (Phi) is 4.49. The average molecular weight is 297 g/mol. The van der Waals surface area contributed by atoms with E-state index < -0.39 is 12.0 Å². The molecular weight excluding hydrogens is 280 g/mol. The molecule has 0 aromatic heterocycles. The molecule has 1 aromatic carbocycles. The molecule has 0 aliphatic carbocycles. The second-order valence-electron chi connectivity index (χ2n) is 4.96. The third-order valence-electron chi connectivity index (χ3n) is 3.42. The van der Waals surface area contributed by atoms with E-state index in [1.165, 1.54) is 9.80 Å². The molecular formula is C14H17ClN2O3. The number of amides is 2. The quantitative estimate of drug-likeness (QED) is 0.932. The third-order valence-corrected chi connectivity index (χ3v) is 3.65. The molecule has 6 heteroatoms. The zero-order valence-corrected chi connectivity index (χ0v) is 12.0. The number of carboxylic acids is 1. The van der Waals surface area contributed by atoms with E-state index in [2.05, 4.69) is 0 Å². The zero-order chi connectivity index (χ0) is 14.7. The first-order chi connectivity index (χ1) is 9.49. The van der Waals surface area contributed by atoms with Crippen LogP contribution in [0.2, 0.25) is 5.02 Å². The molecule has 1 unspecified atom stereocenters. The van der Waals surface area contributed by atoms with Gasteiger partial charge in [-0.1, -0.05) is 23.7 Å². The first kappa shape index (κ1) is 14.7. The van der Waals surface area contributed by atoms with Crippen molar-refractivity contribution < 1.29 is 14.7 Å². The van der Waals surface area contributed by atoms with Crippen molar-refractivity contribution in [3.63, 3.8) is 0 Å². The maximum atomic E-state index is 12.3. The van der Waals surface area contributed by atoms with Crippen LogP contribution >= 0.6 is 11.6 Å². The van der Waals surface area contributed by atoms with Crippen LogP contribution in [-0.4, -0.2) is 46.5 Å². The first-order valence-corrected chi connectivity index (χ1v) is 6.86. The van der Waals surface area contributed by atoms with E-state index in [0.717, 1.165) is 12.0 Å². The van der Waals surface area contributed by atoms with E-state index >= 15 is 0 Å². The number of urea groups is 1. The van der Waals surface area contributed by atoms with Gasteiger partial charge >= 0.3 is 12.0 Å². The summed E-state index contributed by atoms with van der Waals surface area (Å²) < 4.78 is 0. The highest BCUT2D eigenvalue weighted by Gasteiger charge is 2.35. The second kappa shape index (κ2) is 6.13. The normalized spacial score (nSPS) is 18.1. The summed E-state index contributed by atoms with van der Waals surface area (Å²) in [6, 6.07) is 6.32. The highest BCUT2D eigenvalue weighted by atomic mass is 35.5. The van der Waals surface area contributed by atoms with Crippen LogP contribution in [0.15, 0.2) is 24.3 Å². The molecule has 20 heavy (non-hydrogen) atoms. The number of carboxylic acid groups (broad SMARTS) is 1. The van der Waals surface area contributed by atoms with Crippen molar-refractivity contribution in [3.8, 4) is 0 Å². The molecule has 1 atom stereocenters. The van der Waals surface area contributed by atoms with Gasteiger partial charge in [0.05, 0.1) is 0 Å². The van der Waals surface area contributed by atoms with Gasteiger partial charge in [-0.25, -0.2) is 9.59 Å². The van der Waals surface area contributed by atoms with Crippen LogP contribution < -0.4 is 0 Å². The summed E-state index contributed by atoms with van der Waals surface area (Å²) in [5.74, 6) is -0.938. The minimum atomic E-state index is -0.938. The van der Waals surface area contributed by atoms with Gasteiger partial charge in [0.2, 0.25) is 0 Å². The van der Waals surface area contributed by atoms with Gasteiger partial charge in [0.15, 0.2) is 0 Å². The van der Waals surface area contributed by atoms with Crippen LogP contribution in [0.1, 0.15) is 18.4 Å². The van der Waals surface area contributed by atoms with Gasteiger partial charge in [0, 0.05) is 25.2 Å². The maximum absolute atomic E-state index is 12.3. The lowest BCUT2D eigenvalue weighted by molar-refractivity contribution is -0.141. The van der Waals surface area contributed by atoms with E-state index in [9.17, 15) is 9.59 Å². The van der Waals surface area contributed by atoms with E-state index in [0.29, 0.717) is 24.5 Å². The summed E-state index contributed by atoms with van der Waals surface area (Å²) in [4.78, 5) is 26.4. The lowest BCUT2D eigenvalue weighted by atomic mass is 10.2. The Morgan fingerprint density at radius 2 is 2.25 bits per heavy atom. The van der Waals surface area contributed by atoms with Crippen molar-refractivity contribution in [2.45, 2.75) is 25.4 Å². The number of carbonyl (C=O) groups excluding carboxylic acids is 1. The van der Waals surface area contributed by atoms with Gasteiger partial charge in [0.1, 0.15) is 6.04 Å². The average Bonchev–Trinajstić information content (AvgIpc) is 2.87. The summed E-state index contributed by atoms with van der Waals surface area (Å²) >= 11 is 5.91. The lowest BCUT2D eigenvalue weighted by Crippen LogP contribution is -2.46. The van der Waals surface area contributed by atoms with Crippen LogP contribution in [0.3, 0.4) is 0 Å². The molecule has 2 amide bonds. The van der Waals surface area contributed by atoms with E-state index in [1.807, 2.05) is 12.1 Å². The Balaban J connectivity index is 2.03. The van der Waals surface area contributed by atoms with Crippen LogP contribution in [0.5, 0.6) is 0 Å². The second-order valence-corrected chi connectivity index (χ2v) is 5.39. The molecule has 5 nitrogen and oxygen atoms in total.